The highest BCUT2D eigenvalue weighted by Crippen LogP contribution is 2.09. The average Bonchev–Trinajstić information content (AvgIpc) is 2.27. The van der Waals surface area contributed by atoms with Crippen LogP contribution in [-0.2, 0) is 0 Å². The van der Waals surface area contributed by atoms with Crippen LogP contribution in [0.4, 0.5) is 0 Å². The van der Waals surface area contributed by atoms with Crippen LogP contribution in [0.1, 0.15) is 20.8 Å². The van der Waals surface area contributed by atoms with Crippen molar-refractivity contribution in [2.75, 3.05) is 40.3 Å². The largest absolute Gasteiger partial charge is 0.311 e. The van der Waals surface area contributed by atoms with E-state index in [4.69, 9.17) is 0 Å². The Morgan fingerprint density at radius 2 is 2.00 bits per heavy atom. The van der Waals surface area contributed by atoms with Gasteiger partial charge in [0.1, 0.15) is 0 Å². The van der Waals surface area contributed by atoms with E-state index in [1.165, 1.54) is 13.1 Å². The van der Waals surface area contributed by atoms with E-state index in [1.54, 1.807) is 0 Å². The van der Waals surface area contributed by atoms with Crippen molar-refractivity contribution in [3.8, 4) is 0 Å². The number of nitrogens with one attached hydrogen (secondary N) is 1. The topological polar surface area (TPSA) is 18.5 Å². The average molecular weight is 213 g/mol. The van der Waals surface area contributed by atoms with Crippen LogP contribution >= 0.6 is 0 Å². The van der Waals surface area contributed by atoms with Crippen molar-refractivity contribution in [3.63, 3.8) is 0 Å². The molecule has 1 heterocycles. The predicted octanol–water partition coefficient (Wildman–Crippen LogP) is 0.866. The van der Waals surface area contributed by atoms with Gasteiger partial charge in [-0.2, -0.15) is 0 Å². The van der Waals surface area contributed by atoms with Gasteiger partial charge < -0.3 is 10.2 Å². The molecule has 1 N–H and O–H groups in total. The van der Waals surface area contributed by atoms with Crippen LogP contribution in [0, 0.1) is 5.92 Å². The van der Waals surface area contributed by atoms with Crippen molar-refractivity contribution in [2.24, 2.45) is 5.92 Å². The van der Waals surface area contributed by atoms with Gasteiger partial charge in [-0.05, 0) is 40.4 Å². The molecule has 0 aromatic rings. The summed E-state index contributed by atoms with van der Waals surface area (Å²) in [5, 5.41) is 3.66. The van der Waals surface area contributed by atoms with E-state index in [2.05, 4.69) is 50.0 Å². The first-order valence-electron chi connectivity index (χ1n) is 6.11. The molecule has 0 bridgehead atoms. The van der Waals surface area contributed by atoms with E-state index in [-0.39, 0.29) is 0 Å². The molecular weight excluding hydrogens is 186 g/mol. The lowest BCUT2D eigenvalue weighted by Gasteiger charge is -2.29. The molecule has 0 radical (unpaired) electrons. The Bertz CT molecular complexity index is 180. The molecule has 2 atom stereocenters. The van der Waals surface area contributed by atoms with E-state index in [0.717, 1.165) is 19.0 Å². The highest BCUT2D eigenvalue weighted by atomic mass is 15.2. The van der Waals surface area contributed by atoms with E-state index >= 15 is 0 Å². The van der Waals surface area contributed by atoms with E-state index in [9.17, 15) is 0 Å². The summed E-state index contributed by atoms with van der Waals surface area (Å²) < 4.78 is 0. The minimum atomic E-state index is 0.618. The highest BCUT2D eigenvalue weighted by molar-refractivity contribution is 4.82. The first kappa shape index (κ1) is 12.9. The highest BCUT2D eigenvalue weighted by Gasteiger charge is 2.22. The van der Waals surface area contributed by atoms with E-state index in [1.807, 2.05) is 0 Å². The van der Waals surface area contributed by atoms with Gasteiger partial charge in [-0.25, -0.2) is 0 Å². The van der Waals surface area contributed by atoms with E-state index < -0.39 is 0 Å². The monoisotopic (exact) mass is 213 g/mol. The molecular formula is C12H27N3. The lowest BCUT2D eigenvalue weighted by molar-refractivity contribution is 0.191. The molecule has 3 nitrogen and oxygen atoms in total. The maximum Gasteiger partial charge on any atom is 0.0322 e. The molecule has 15 heavy (non-hydrogen) atoms. The Morgan fingerprint density at radius 1 is 1.33 bits per heavy atom. The minimum absolute atomic E-state index is 0.618. The number of rotatable bonds is 3. The van der Waals surface area contributed by atoms with Gasteiger partial charge in [0.05, 0.1) is 0 Å². The van der Waals surface area contributed by atoms with Crippen LogP contribution in [0.3, 0.4) is 0 Å². The number of nitrogens with zero attached hydrogens (tertiary/aromatic N) is 2. The van der Waals surface area contributed by atoms with Crippen LogP contribution < -0.4 is 5.32 Å². The van der Waals surface area contributed by atoms with Gasteiger partial charge in [-0.3, -0.25) is 4.90 Å². The van der Waals surface area contributed by atoms with Crippen LogP contribution in [-0.4, -0.2) is 62.2 Å². The van der Waals surface area contributed by atoms with Crippen molar-refractivity contribution in [2.45, 2.75) is 32.9 Å². The maximum absolute atomic E-state index is 3.66. The maximum atomic E-state index is 3.66. The molecule has 0 spiro atoms. The second kappa shape index (κ2) is 5.83. The van der Waals surface area contributed by atoms with Gasteiger partial charge in [-0.15, -0.1) is 0 Å². The van der Waals surface area contributed by atoms with Gasteiger partial charge in [0, 0.05) is 31.7 Å². The Labute approximate surface area is 94.8 Å². The molecule has 0 saturated carbocycles. The van der Waals surface area contributed by atoms with Gasteiger partial charge in [0.2, 0.25) is 0 Å². The van der Waals surface area contributed by atoms with Crippen molar-refractivity contribution < 1.29 is 0 Å². The van der Waals surface area contributed by atoms with E-state index in [0.29, 0.717) is 12.1 Å². The van der Waals surface area contributed by atoms with Gasteiger partial charge in [-0.1, -0.05) is 6.92 Å². The minimum Gasteiger partial charge on any atom is -0.311 e. The first-order valence-corrected chi connectivity index (χ1v) is 6.11. The lowest BCUT2D eigenvalue weighted by Crippen LogP contribution is -2.45. The summed E-state index contributed by atoms with van der Waals surface area (Å²) >= 11 is 0. The zero-order valence-electron chi connectivity index (χ0n) is 11.0. The third-order valence-electron chi connectivity index (χ3n) is 3.07. The van der Waals surface area contributed by atoms with Crippen LogP contribution in [0.15, 0.2) is 0 Å². The zero-order chi connectivity index (χ0) is 11.4. The molecule has 0 amide bonds. The van der Waals surface area contributed by atoms with Crippen LogP contribution in [0.5, 0.6) is 0 Å². The molecule has 3 heteroatoms. The standard InChI is InChI=1S/C12H27N3/c1-10(2)15-7-11(3)6-13-12(9-15)8-14(4)5/h10-13H,6-9H2,1-5H3. The molecule has 90 valence electrons. The molecule has 1 rings (SSSR count). The smallest absolute Gasteiger partial charge is 0.0322 e. The predicted molar refractivity (Wildman–Crippen MR) is 66.2 cm³/mol. The Morgan fingerprint density at radius 3 is 2.53 bits per heavy atom. The summed E-state index contributed by atoms with van der Waals surface area (Å²) in [5.41, 5.74) is 0. The fourth-order valence-electron chi connectivity index (χ4n) is 2.24. The summed E-state index contributed by atoms with van der Waals surface area (Å²) in [7, 11) is 4.30. The van der Waals surface area contributed by atoms with Crippen molar-refractivity contribution in [1.82, 2.24) is 15.1 Å². The molecule has 1 aliphatic rings. The summed E-state index contributed by atoms with van der Waals surface area (Å²) in [5.74, 6) is 0.763. The SMILES string of the molecule is CC1CNC(CN(C)C)CN(C(C)C)C1. The summed E-state index contributed by atoms with van der Waals surface area (Å²) in [6.07, 6.45) is 0. The van der Waals surface area contributed by atoms with Crippen molar-refractivity contribution >= 4 is 0 Å². The van der Waals surface area contributed by atoms with Gasteiger partial charge in [0.25, 0.3) is 0 Å². The number of hydrogen-bond acceptors (Lipinski definition) is 3. The second-order valence-corrected chi connectivity index (χ2v) is 5.52. The molecule has 0 aromatic carbocycles. The third kappa shape index (κ3) is 4.49. The van der Waals surface area contributed by atoms with Gasteiger partial charge in [0.15, 0.2) is 0 Å². The second-order valence-electron chi connectivity index (χ2n) is 5.52. The molecule has 1 saturated heterocycles. The summed E-state index contributed by atoms with van der Waals surface area (Å²) in [4.78, 5) is 4.87. The molecule has 1 aliphatic heterocycles. The number of hydrogen-bond donors (Lipinski definition) is 1. The van der Waals surface area contributed by atoms with Crippen molar-refractivity contribution in [3.05, 3.63) is 0 Å². The van der Waals surface area contributed by atoms with Crippen LogP contribution in [0.2, 0.25) is 0 Å². The quantitative estimate of drug-likeness (QED) is 0.750. The third-order valence-corrected chi connectivity index (χ3v) is 3.07. The Kier molecular flexibility index (Phi) is 5.03. The fraction of sp³-hybridized carbons (Fsp3) is 1.00. The van der Waals surface area contributed by atoms with Crippen molar-refractivity contribution in [1.29, 1.82) is 0 Å². The zero-order valence-corrected chi connectivity index (χ0v) is 11.0. The summed E-state index contributed by atoms with van der Waals surface area (Å²) in [6.45, 7) is 11.6. The Hall–Kier alpha value is -0.120. The molecule has 2 unspecified atom stereocenters. The molecule has 1 fully saturated rings. The number of likely N-dealkylation sites (N-methyl/N-ethyl adjacent to an activating group) is 1. The fourth-order valence-corrected chi connectivity index (χ4v) is 2.24. The van der Waals surface area contributed by atoms with Crippen LogP contribution in [0.25, 0.3) is 0 Å². The first-order chi connectivity index (χ1) is 6.99. The van der Waals surface area contributed by atoms with Gasteiger partial charge >= 0.3 is 0 Å². The molecule has 0 aliphatic carbocycles. The normalized spacial score (nSPS) is 29.8. The summed E-state index contributed by atoms with van der Waals surface area (Å²) in [6, 6.07) is 1.28. The Balaban J connectivity index is 2.52. The molecule has 0 aromatic heterocycles. The lowest BCUT2D eigenvalue weighted by atomic mass is 10.1.